The largest absolute Gasteiger partial charge is 0.353 e. The van der Waals surface area contributed by atoms with Gasteiger partial charge in [-0.3, -0.25) is 0 Å². The van der Waals surface area contributed by atoms with Gasteiger partial charge in [0.1, 0.15) is 0 Å². The van der Waals surface area contributed by atoms with E-state index in [1.54, 1.807) is 0 Å². The van der Waals surface area contributed by atoms with Gasteiger partial charge in [-0.15, -0.1) is 19.7 Å². The molecule has 0 aliphatic carbocycles. The van der Waals surface area contributed by atoms with E-state index in [1.165, 1.54) is 0 Å². The van der Waals surface area contributed by atoms with Crippen LogP contribution in [0.1, 0.15) is 51.4 Å². The number of rotatable bonds is 12. The van der Waals surface area contributed by atoms with Gasteiger partial charge in [0.05, 0.1) is 0 Å². The lowest BCUT2D eigenvalue weighted by atomic mass is 9.74. The Morgan fingerprint density at radius 2 is 1.21 bits per heavy atom. The fourth-order valence-corrected chi connectivity index (χ4v) is 2.49. The average Bonchev–Trinajstić information content (AvgIpc) is 2.28. The Labute approximate surface area is 115 Å². The average molecular weight is 272 g/mol. The van der Waals surface area contributed by atoms with Crippen molar-refractivity contribution in [2.75, 3.05) is 0 Å². The van der Waals surface area contributed by atoms with Gasteiger partial charge in [0, 0.05) is 6.42 Å². The molecular formula is C16H26F2O. The van der Waals surface area contributed by atoms with E-state index < -0.39 is 12.5 Å². The summed E-state index contributed by atoms with van der Waals surface area (Å²) in [6, 6.07) is 0. The molecule has 0 saturated carbocycles. The van der Waals surface area contributed by atoms with Crippen LogP contribution in [0.15, 0.2) is 38.0 Å². The third kappa shape index (κ3) is 8.71. The Balaban J connectivity index is 4.21. The summed E-state index contributed by atoms with van der Waals surface area (Å²) in [5.74, 6) is 0. The van der Waals surface area contributed by atoms with Gasteiger partial charge in [0.25, 0.3) is 0 Å². The molecule has 0 saturated heterocycles. The molecule has 0 aromatic carbocycles. The maximum Gasteiger partial charge on any atom is 0.353 e. The molecule has 0 atom stereocenters. The van der Waals surface area contributed by atoms with Crippen LogP contribution in [-0.2, 0) is 0 Å². The van der Waals surface area contributed by atoms with Gasteiger partial charge in [-0.05, 0) is 37.5 Å². The Hall–Kier alpha value is -0.960. The SMILES string of the molecule is C=CCC(CC=C)(CC=C)CCCCCC(O)(F)F. The van der Waals surface area contributed by atoms with Crippen molar-refractivity contribution in [2.45, 2.75) is 57.5 Å². The molecule has 0 aliphatic heterocycles. The molecule has 0 aromatic heterocycles. The highest BCUT2D eigenvalue weighted by Gasteiger charge is 2.26. The van der Waals surface area contributed by atoms with Gasteiger partial charge >= 0.3 is 6.11 Å². The maximum atomic E-state index is 12.3. The number of hydrogen-bond donors (Lipinski definition) is 1. The first-order valence-corrected chi connectivity index (χ1v) is 6.82. The van der Waals surface area contributed by atoms with Crippen LogP contribution in [0.5, 0.6) is 0 Å². The molecule has 3 heteroatoms. The summed E-state index contributed by atoms with van der Waals surface area (Å²) in [7, 11) is 0. The summed E-state index contributed by atoms with van der Waals surface area (Å²) in [5, 5.41) is 8.36. The van der Waals surface area contributed by atoms with Crippen molar-refractivity contribution >= 4 is 0 Å². The van der Waals surface area contributed by atoms with Crippen molar-refractivity contribution in [3.8, 4) is 0 Å². The van der Waals surface area contributed by atoms with Crippen LogP contribution < -0.4 is 0 Å². The fraction of sp³-hybridized carbons (Fsp3) is 0.625. The van der Waals surface area contributed by atoms with Crippen molar-refractivity contribution in [1.82, 2.24) is 0 Å². The molecule has 0 spiro atoms. The number of aliphatic hydroxyl groups is 1. The standard InChI is InChI=1S/C16H26F2O/c1-4-10-15(11-5-2,12-6-3)13-8-7-9-14-16(17,18)19/h4-6,19H,1-3,7-14H2. The first kappa shape index (κ1) is 18.0. The monoisotopic (exact) mass is 272 g/mol. The van der Waals surface area contributed by atoms with Crippen LogP contribution in [0.2, 0.25) is 0 Å². The van der Waals surface area contributed by atoms with Gasteiger partial charge in [-0.2, -0.15) is 8.78 Å². The van der Waals surface area contributed by atoms with Crippen LogP contribution in [-0.4, -0.2) is 11.2 Å². The second-order valence-electron chi connectivity index (χ2n) is 5.20. The second kappa shape index (κ2) is 9.03. The molecule has 0 aromatic rings. The van der Waals surface area contributed by atoms with E-state index in [4.69, 9.17) is 5.11 Å². The van der Waals surface area contributed by atoms with E-state index in [-0.39, 0.29) is 5.41 Å². The van der Waals surface area contributed by atoms with Crippen molar-refractivity contribution < 1.29 is 13.9 Å². The molecular weight excluding hydrogens is 246 g/mol. The van der Waals surface area contributed by atoms with Gasteiger partial charge in [-0.25, -0.2) is 0 Å². The molecule has 19 heavy (non-hydrogen) atoms. The lowest BCUT2D eigenvalue weighted by Gasteiger charge is -2.31. The number of halogens is 2. The Kier molecular flexibility index (Phi) is 8.57. The van der Waals surface area contributed by atoms with Crippen LogP contribution in [0, 0.1) is 5.41 Å². The zero-order chi connectivity index (χ0) is 14.8. The third-order valence-corrected chi connectivity index (χ3v) is 3.42. The molecule has 0 heterocycles. The first-order valence-electron chi connectivity index (χ1n) is 6.82. The summed E-state index contributed by atoms with van der Waals surface area (Å²) in [5.41, 5.74) is 0.0764. The Morgan fingerprint density at radius 3 is 1.58 bits per heavy atom. The molecule has 1 N–H and O–H groups in total. The van der Waals surface area contributed by atoms with Gasteiger partial charge in [0.2, 0.25) is 0 Å². The molecule has 0 aliphatic rings. The van der Waals surface area contributed by atoms with Gasteiger partial charge in [-0.1, -0.05) is 31.1 Å². The van der Waals surface area contributed by atoms with E-state index in [0.29, 0.717) is 12.8 Å². The van der Waals surface area contributed by atoms with Crippen molar-refractivity contribution in [2.24, 2.45) is 5.41 Å². The Bertz CT molecular complexity index is 252. The van der Waals surface area contributed by atoms with E-state index in [2.05, 4.69) is 19.7 Å². The molecule has 0 fully saturated rings. The topological polar surface area (TPSA) is 20.2 Å². The van der Waals surface area contributed by atoms with Gasteiger partial charge in [0.15, 0.2) is 0 Å². The first-order chi connectivity index (χ1) is 8.89. The zero-order valence-corrected chi connectivity index (χ0v) is 11.7. The summed E-state index contributed by atoms with van der Waals surface area (Å²) < 4.78 is 24.5. The van der Waals surface area contributed by atoms with Crippen molar-refractivity contribution in [3.63, 3.8) is 0 Å². The van der Waals surface area contributed by atoms with Crippen LogP contribution >= 0.6 is 0 Å². The van der Waals surface area contributed by atoms with E-state index in [9.17, 15) is 8.78 Å². The van der Waals surface area contributed by atoms with Crippen LogP contribution in [0.3, 0.4) is 0 Å². The highest BCUT2D eigenvalue weighted by Crippen LogP contribution is 2.38. The minimum absolute atomic E-state index is 0.0764. The highest BCUT2D eigenvalue weighted by atomic mass is 19.3. The second-order valence-corrected chi connectivity index (χ2v) is 5.20. The minimum Gasteiger partial charge on any atom is -0.336 e. The van der Waals surface area contributed by atoms with Crippen LogP contribution in [0.25, 0.3) is 0 Å². The fourth-order valence-electron chi connectivity index (χ4n) is 2.49. The molecule has 1 nitrogen and oxygen atoms in total. The van der Waals surface area contributed by atoms with E-state index >= 15 is 0 Å². The Morgan fingerprint density at radius 1 is 0.789 bits per heavy atom. The van der Waals surface area contributed by atoms with Crippen molar-refractivity contribution in [3.05, 3.63) is 38.0 Å². The number of unbranched alkanes of at least 4 members (excludes halogenated alkanes) is 2. The summed E-state index contributed by atoms with van der Waals surface area (Å²) in [6.07, 6.45) is 7.19. The number of hydrogen-bond acceptors (Lipinski definition) is 1. The highest BCUT2D eigenvalue weighted by molar-refractivity contribution is 4.95. The van der Waals surface area contributed by atoms with E-state index in [1.807, 2.05) is 18.2 Å². The lowest BCUT2D eigenvalue weighted by molar-refractivity contribution is -0.203. The normalized spacial score (nSPS) is 12.2. The molecule has 0 radical (unpaired) electrons. The molecule has 0 bridgehead atoms. The summed E-state index contributed by atoms with van der Waals surface area (Å²) in [6.45, 7) is 11.4. The zero-order valence-electron chi connectivity index (χ0n) is 11.7. The minimum atomic E-state index is -3.53. The number of alkyl halides is 2. The predicted molar refractivity (Wildman–Crippen MR) is 77.1 cm³/mol. The smallest absolute Gasteiger partial charge is 0.336 e. The third-order valence-electron chi connectivity index (χ3n) is 3.42. The van der Waals surface area contributed by atoms with Crippen molar-refractivity contribution in [1.29, 1.82) is 0 Å². The molecule has 0 unspecified atom stereocenters. The van der Waals surface area contributed by atoms with Gasteiger partial charge < -0.3 is 5.11 Å². The van der Waals surface area contributed by atoms with Crippen LogP contribution in [0.4, 0.5) is 8.78 Å². The quantitative estimate of drug-likeness (QED) is 0.380. The summed E-state index contributed by atoms with van der Waals surface area (Å²) >= 11 is 0. The molecule has 0 rings (SSSR count). The number of allylic oxidation sites excluding steroid dienone is 3. The molecule has 110 valence electrons. The maximum absolute atomic E-state index is 12.3. The lowest BCUT2D eigenvalue weighted by Crippen LogP contribution is -2.19. The predicted octanol–water partition coefficient (Wildman–Crippen LogP) is 5.24. The summed E-state index contributed by atoms with van der Waals surface area (Å²) in [4.78, 5) is 0. The van der Waals surface area contributed by atoms with E-state index in [0.717, 1.165) is 32.1 Å². The molecule has 0 amide bonds.